The van der Waals surface area contributed by atoms with Crippen molar-refractivity contribution in [1.82, 2.24) is 0 Å². The Hall–Kier alpha value is -3.45. The molecular weight excluding hydrogens is 1300 g/mol. The van der Waals surface area contributed by atoms with Gasteiger partial charge in [-0.25, -0.2) is 9.59 Å². The summed E-state index contributed by atoms with van der Waals surface area (Å²) in [5.41, 5.74) is -9.59. The molecule has 0 amide bonds. The predicted octanol–water partition coefficient (Wildman–Crippen LogP) is 17.0. The van der Waals surface area contributed by atoms with Gasteiger partial charge in [0.05, 0.1) is 44.3 Å². The number of carbonyl (C=O) groups is 5. The van der Waals surface area contributed by atoms with Crippen molar-refractivity contribution in [2.24, 2.45) is 28.1 Å². The fraction of sp³-hybridized carbons (Fsp3) is 0.937. The van der Waals surface area contributed by atoms with Crippen LogP contribution >= 0.6 is 0 Å². The molecule has 22 heteroatoms. The second-order valence-electron chi connectivity index (χ2n) is 36.1. The second-order valence-corrected chi connectivity index (χ2v) is 36.1. The maximum absolute atomic E-state index is 13.4. The van der Waals surface area contributed by atoms with Crippen LogP contribution in [-0.4, -0.2) is 164 Å². The maximum Gasteiger partial charge on any atom is 0.509 e. The molecule has 12 rings (SSSR count). The lowest BCUT2D eigenvalue weighted by molar-refractivity contribution is -0.353. The normalized spacial score (nSPS) is 33.4. The van der Waals surface area contributed by atoms with Gasteiger partial charge >= 0.3 is 30.2 Å². The predicted molar refractivity (Wildman–Crippen MR) is 378 cm³/mol. The average Bonchev–Trinajstić information content (AvgIpc) is 0.699. The topological polar surface area (TPSA) is 242 Å². The van der Waals surface area contributed by atoms with Crippen LogP contribution in [0.1, 0.15) is 312 Å². The van der Waals surface area contributed by atoms with Gasteiger partial charge in [0, 0.05) is 110 Å². The van der Waals surface area contributed by atoms with E-state index in [1.165, 1.54) is 0 Å². The third kappa shape index (κ3) is 22.3. The zero-order chi connectivity index (χ0) is 74.7. The van der Waals surface area contributed by atoms with Gasteiger partial charge in [-0.1, -0.05) is 61.8 Å². The molecule has 0 saturated heterocycles. The van der Waals surface area contributed by atoms with Gasteiger partial charge in [0.2, 0.25) is 0 Å². The van der Waals surface area contributed by atoms with Crippen molar-refractivity contribution in [3.05, 3.63) is 0 Å². The number of esters is 3. The number of ether oxygens (including phenoxy) is 17. The van der Waals surface area contributed by atoms with Crippen molar-refractivity contribution in [2.45, 2.75) is 379 Å². The quantitative estimate of drug-likeness (QED) is 0.0243. The summed E-state index contributed by atoms with van der Waals surface area (Å²) in [6, 6.07) is 0. The van der Waals surface area contributed by atoms with Gasteiger partial charge in [0.1, 0.15) is 73.2 Å². The van der Waals surface area contributed by atoms with Crippen molar-refractivity contribution >= 4 is 30.2 Å². The fourth-order valence-corrected chi connectivity index (χ4v) is 18.3. The van der Waals surface area contributed by atoms with E-state index in [1.54, 1.807) is 41.5 Å². The van der Waals surface area contributed by atoms with E-state index in [9.17, 15) is 24.0 Å². The Bertz CT molecular complexity index is 2610. The molecular formula is C79H136O22. The van der Waals surface area contributed by atoms with E-state index in [4.69, 9.17) is 80.5 Å². The van der Waals surface area contributed by atoms with E-state index in [0.29, 0.717) is 129 Å². The lowest BCUT2D eigenvalue weighted by atomic mass is 9.48. The van der Waals surface area contributed by atoms with Crippen LogP contribution in [0.15, 0.2) is 0 Å². The first-order valence-electron chi connectivity index (χ1n) is 38.8. The molecule has 0 aromatic carbocycles. The SMILES string of the molecule is CCC(C)(C)C(=O)OC12CC3CC(OC(=O)OC(C)(C)C)(CC(OC(=O)OC(C)(C)C)(C3)C1)C2.CCCCOCOC12CC3(OCOCCC)CC(OCOCCC)(C1)CC(OC(=O)C(C)(C)CC)(C3)C2.CCCOCOC12CC3CC(OCOCCC)(C1)CC(OC(=O)C(C)(C)CC)(C3)C2. The summed E-state index contributed by atoms with van der Waals surface area (Å²) in [6.07, 6.45) is 18.4. The summed E-state index contributed by atoms with van der Waals surface area (Å²) in [4.78, 5) is 65.0. The Kier molecular flexibility index (Phi) is 28.4. The molecule has 12 fully saturated rings. The smallest absolute Gasteiger partial charge is 0.458 e. The van der Waals surface area contributed by atoms with Crippen LogP contribution < -0.4 is 0 Å². The highest BCUT2D eigenvalue weighted by Gasteiger charge is 2.74. The van der Waals surface area contributed by atoms with E-state index in [1.807, 2.05) is 62.3 Å². The molecule has 0 spiro atoms. The minimum absolute atomic E-state index is 0.0682. The molecule has 0 heterocycles. The molecule has 0 aromatic heterocycles. The molecule has 12 aliphatic rings. The highest BCUT2D eigenvalue weighted by molar-refractivity contribution is 5.77. The molecule has 6 atom stereocenters. The van der Waals surface area contributed by atoms with Crippen LogP contribution in [0.25, 0.3) is 0 Å². The van der Waals surface area contributed by atoms with Crippen molar-refractivity contribution in [2.75, 3.05) is 67.0 Å². The molecule has 6 unspecified atom stereocenters. The number of hydrogen-bond donors (Lipinski definition) is 0. The molecule has 0 N–H and O–H groups in total. The van der Waals surface area contributed by atoms with Crippen LogP contribution in [0.4, 0.5) is 9.59 Å². The zero-order valence-corrected chi connectivity index (χ0v) is 66.3. The van der Waals surface area contributed by atoms with E-state index < -0.39 is 84.6 Å². The van der Waals surface area contributed by atoms with Crippen LogP contribution in [0.3, 0.4) is 0 Å². The first-order valence-corrected chi connectivity index (χ1v) is 38.8. The Morgan fingerprint density at radius 2 is 0.515 bits per heavy atom. The highest BCUT2D eigenvalue weighted by Crippen LogP contribution is 2.68. The maximum atomic E-state index is 13.4. The largest absolute Gasteiger partial charge is 0.509 e. The van der Waals surface area contributed by atoms with E-state index in [2.05, 4.69) is 34.6 Å². The Morgan fingerprint density at radius 1 is 0.287 bits per heavy atom. The van der Waals surface area contributed by atoms with E-state index in [0.717, 1.165) is 83.5 Å². The number of unbranched alkanes of at least 4 members (excludes halogenated alkanes) is 1. The van der Waals surface area contributed by atoms with E-state index >= 15 is 0 Å². The number of carbonyl (C=O) groups excluding carboxylic acids is 5. The van der Waals surface area contributed by atoms with Gasteiger partial charge in [-0.3, -0.25) is 14.4 Å². The van der Waals surface area contributed by atoms with Crippen molar-refractivity contribution in [3.63, 3.8) is 0 Å². The highest BCUT2D eigenvalue weighted by atomic mass is 16.8. The van der Waals surface area contributed by atoms with Crippen molar-refractivity contribution in [3.8, 4) is 0 Å². The van der Waals surface area contributed by atoms with Gasteiger partial charge in [-0.2, -0.15) is 0 Å². The van der Waals surface area contributed by atoms with Crippen LogP contribution in [0.5, 0.6) is 0 Å². The second kappa shape index (κ2) is 33.8. The summed E-state index contributed by atoms with van der Waals surface area (Å²) in [6.45, 7) is 43.2. The minimum Gasteiger partial charge on any atom is -0.458 e. The van der Waals surface area contributed by atoms with Gasteiger partial charge in [-0.05, 0) is 185 Å². The zero-order valence-electron chi connectivity index (χ0n) is 66.3. The van der Waals surface area contributed by atoms with Gasteiger partial charge < -0.3 is 80.5 Å². The van der Waals surface area contributed by atoms with E-state index in [-0.39, 0.29) is 69.0 Å². The lowest BCUT2D eigenvalue weighted by Gasteiger charge is -2.68. The first-order chi connectivity index (χ1) is 47.1. The van der Waals surface area contributed by atoms with Gasteiger partial charge in [0.15, 0.2) is 0 Å². The first kappa shape index (κ1) is 84.8. The Labute approximate surface area is 606 Å². The fourth-order valence-electron chi connectivity index (χ4n) is 18.3. The summed E-state index contributed by atoms with van der Waals surface area (Å²) < 4.78 is 103. The molecule has 0 aromatic rings. The molecule has 101 heavy (non-hydrogen) atoms. The lowest BCUT2D eigenvalue weighted by Crippen LogP contribution is -2.74. The Morgan fingerprint density at radius 3 is 0.792 bits per heavy atom. The monoisotopic (exact) mass is 1440 g/mol. The average molecular weight is 1440 g/mol. The summed E-state index contributed by atoms with van der Waals surface area (Å²) in [5.74, 6) is -0.0886. The van der Waals surface area contributed by atoms with Crippen molar-refractivity contribution in [1.29, 1.82) is 0 Å². The molecule has 0 radical (unpaired) electrons. The molecule has 584 valence electrons. The van der Waals surface area contributed by atoms with Gasteiger partial charge in [0.25, 0.3) is 0 Å². The number of hydrogen-bond acceptors (Lipinski definition) is 22. The van der Waals surface area contributed by atoms with Crippen LogP contribution in [-0.2, 0) is 94.9 Å². The summed E-state index contributed by atoms with van der Waals surface area (Å²) >= 11 is 0. The van der Waals surface area contributed by atoms with Crippen LogP contribution in [0.2, 0.25) is 0 Å². The molecule has 12 bridgehead atoms. The molecule has 22 nitrogen and oxygen atoms in total. The third-order valence-corrected chi connectivity index (χ3v) is 22.6. The summed E-state index contributed by atoms with van der Waals surface area (Å²) in [5, 5.41) is 0. The van der Waals surface area contributed by atoms with Crippen molar-refractivity contribution < 1.29 is 104 Å². The third-order valence-electron chi connectivity index (χ3n) is 22.6. The molecule has 12 aliphatic carbocycles. The summed E-state index contributed by atoms with van der Waals surface area (Å²) in [7, 11) is 0. The number of rotatable bonds is 37. The standard InChI is InChI=1S/C29H52O8.C26H42O8.C24H42O6/c1-7-11-14-33-23-36-28-16-26(34-21-31-12-8-2)15-27(17-28,35-22-32-13-9-3)19-29(18-26,20-28)37-24(30)25(5,6)10-4;1-10-23(8,9)18(27)30-24-11-17-12-25(14-24,33-19(28)31-21(2,3)4)16-26(13-17,15-24)34-20(29)32-22(5,6)7;1-6-9-26-17-28-22-11-19-12-23(14-22,29-18-27-10-7-2)16-24(13-19,15-22)30-20(25)21(4,5)8-3/h7-23H2,1-6H3;17H,10-16H2,1-9H3;19H,6-18H2,1-5H3. The van der Waals surface area contributed by atoms with Crippen LogP contribution in [0, 0.1) is 28.1 Å². The van der Waals surface area contributed by atoms with Gasteiger partial charge in [-0.15, -0.1) is 0 Å². The minimum atomic E-state index is -0.944. The Balaban J connectivity index is 0.000000214. The molecule has 0 aliphatic heterocycles. The molecule has 12 saturated carbocycles.